The Morgan fingerprint density at radius 3 is 2.74 bits per heavy atom. The van der Waals surface area contributed by atoms with Gasteiger partial charge in [-0.3, -0.25) is 9.78 Å². The number of carbonyl (C=O) groups is 1. The Morgan fingerprint density at radius 2 is 2.00 bits per heavy atom. The van der Waals surface area contributed by atoms with Gasteiger partial charge in [-0.1, -0.05) is 24.3 Å². The third kappa shape index (κ3) is 3.31. The van der Waals surface area contributed by atoms with E-state index in [0.29, 0.717) is 17.0 Å². The Labute approximate surface area is 157 Å². The van der Waals surface area contributed by atoms with Crippen LogP contribution < -0.4 is 21.1 Å². The lowest BCUT2D eigenvalue weighted by molar-refractivity contribution is 0.100. The molecule has 138 valence electrons. The summed E-state index contributed by atoms with van der Waals surface area (Å²) < 4.78 is 5.26. The first-order valence-corrected chi connectivity index (χ1v) is 8.96. The van der Waals surface area contributed by atoms with Gasteiger partial charge in [0.2, 0.25) is 0 Å². The molecule has 4 N–H and O–H groups in total. The molecule has 27 heavy (non-hydrogen) atoms. The van der Waals surface area contributed by atoms with Crippen LogP contribution in [0.2, 0.25) is 0 Å². The molecule has 1 aliphatic heterocycles. The zero-order valence-electron chi connectivity index (χ0n) is 15.1. The summed E-state index contributed by atoms with van der Waals surface area (Å²) in [5.41, 5.74) is 8.77. The highest BCUT2D eigenvalue weighted by Crippen LogP contribution is 2.30. The molecule has 0 radical (unpaired) electrons. The molecule has 0 spiro atoms. The fourth-order valence-corrected chi connectivity index (χ4v) is 3.73. The van der Waals surface area contributed by atoms with Crippen molar-refractivity contribution in [3.05, 3.63) is 65.9 Å². The topological polar surface area (TPSA) is 89.3 Å². The maximum atomic E-state index is 11.7. The number of nitrogens with two attached hydrogens (primary N) is 1. The molecule has 0 saturated carbocycles. The van der Waals surface area contributed by atoms with Gasteiger partial charge in [0.25, 0.3) is 5.91 Å². The van der Waals surface area contributed by atoms with Gasteiger partial charge in [0.1, 0.15) is 5.75 Å². The normalized spacial score (nSPS) is 19.1. The number of rotatable bonds is 5. The van der Waals surface area contributed by atoms with Crippen molar-refractivity contribution < 1.29 is 9.53 Å². The molecule has 2 heterocycles. The predicted octanol–water partition coefficient (Wildman–Crippen LogP) is 2.51. The number of para-hydroxylation sites is 1. The third-order valence-corrected chi connectivity index (χ3v) is 5.14. The number of hydrogen-bond acceptors (Lipinski definition) is 5. The molecule has 6 nitrogen and oxygen atoms in total. The Balaban J connectivity index is 1.64. The number of ether oxygens (including phenoxy) is 1. The maximum absolute atomic E-state index is 11.7. The van der Waals surface area contributed by atoms with Gasteiger partial charge in [-0.05, 0) is 29.8 Å². The van der Waals surface area contributed by atoms with E-state index in [-0.39, 0.29) is 6.04 Å². The summed E-state index contributed by atoms with van der Waals surface area (Å²) in [6, 6.07) is 15.9. The Kier molecular flexibility index (Phi) is 4.64. The minimum absolute atomic E-state index is 0.223. The number of fused-ring (bicyclic) bond motifs is 1. The number of pyridine rings is 1. The highest BCUT2D eigenvalue weighted by atomic mass is 16.5. The van der Waals surface area contributed by atoms with Gasteiger partial charge in [0.15, 0.2) is 0 Å². The predicted molar refractivity (Wildman–Crippen MR) is 106 cm³/mol. The van der Waals surface area contributed by atoms with Crippen LogP contribution in [0.3, 0.4) is 0 Å². The van der Waals surface area contributed by atoms with Gasteiger partial charge in [-0.25, -0.2) is 0 Å². The number of nitrogens with zero attached hydrogens (tertiary/aromatic N) is 1. The van der Waals surface area contributed by atoms with E-state index >= 15 is 0 Å². The van der Waals surface area contributed by atoms with Crippen molar-refractivity contribution in [3.8, 4) is 5.75 Å². The fourth-order valence-electron chi connectivity index (χ4n) is 3.73. The van der Waals surface area contributed by atoms with Crippen molar-refractivity contribution in [2.75, 3.05) is 25.5 Å². The molecular formula is C21H22N4O2. The molecule has 1 aliphatic rings. The number of benzene rings is 2. The van der Waals surface area contributed by atoms with Gasteiger partial charge < -0.3 is 21.1 Å². The second-order valence-electron chi connectivity index (χ2n) is 6.71. The number of aromatic nitrogens is 1. The third-order valence-electron chi connectivity index (χ3n) is 5.14. The van der Waals surface area contributed by atoms with Crippen molar-refractivity contribution in [3.63, 3.8) is 0 Å². The number of nitrogens with one attached hydrogen (secondary N) is 2. The lowest BCUT2D eigenvalue weighted by atomic mass is 9.94. The average Bonchev–Trinajstić information content (AvgIpc) is 3.16. The Hall–Kier alpha value is -3.12. The number of methoxy groups -OCH3 is 1. The minimum atomic E-state index is -0.469. The quantitative estimate of drug-likeness (QED) is 0.649. The van der Waals surface area contributed by atoms with Crippen molar-refractivity contribution in [2.24, 2.45) is 5.73 Å². The number of anilines is 1. The van der Waals surface area contributed by atoms with Gasteiger partial charge >= 0.3 is 0 Å². The molecule has 1 aromatic heterocycles. The van der Waals surface area contributed by atoms with E-state index in [1.807, 2.05) is 30.3 Å². The van der Waals surface area contributed by atoms with Crippen LogP contribution in [0.15, 0.2) is 54.7 Å². The van der Waals surface area contributed by atoms with E-state index in [1.54, 1.807) is 19.4 Å². The maximum Gasteiger partial charge on any atom is 0.250 e. The number of hydrogen-bond donors (Lipinski definition) is 3. The smallest absolute Gasteiger partial charge is 0.250 e. The van der Waals surface area contributed by atoms with Crippen molar-refractivity contribution in [2.45, 2.75) is 12.0 Å². The molecule has 0 aliphatic carbocycles. The standard InChI is InChI=1S/C21H22N4O2/c1-27-14-7-5-13(6-8-14)17-11-23-12-19(17)25-18-9-10-24-20-15(18)3-2-4-16(20)21(22)26/h2-10,17,19,23H,11-12H2,1H3,(H2,22,26)(H,24,25). The summed E-state index contributed by atoms with van der Waals surface area (Å²) >= 11 is 0. The second-order valence-corrected chi connectivity index (χ2v) is 6.71. The van der Waals surface area contributed by atoms with E-state index in [9.17, 15) is 4.79 Å². The van der Waals surface area contributed by atoms with Crippen molar-refractivity contribution in [1.82, 2.24) is 10.3 Å². The summed E-state index contributed by atoms with van der Waals surface area (Å²) in [6.45, 7) is 1.76. The minimum Gasteiger partial charge on any atom is -0.497 e. The second kappa shape index (κ2) is 7.25. The molecule has 2 aromatic carbocycles. The number of primary amides is 1. The van der Waals surface area contributed by atoms with Crippen LogP contribution >= 0.6 is 0 Å². The van der Waals surface area contributed by atoms with Gasteiger partial charge in [-0.2, -0.15) is 0 Å². The highest BCUT2D eigenvalue weighted by Gasteiger charge is 2.28. The molecule has 1 fully saturated rings. The molecule has 1 saturated heterocycles. The monoisotopic (exact) mass is 362 g/mol. The molecule has 4 rings (SSSR count). The van der Waals surface area contributed by atoms with Crippen molar-refractivity contribution >= 4 is 22.5 Å². The largest absolute Gasteiger partial charge is 0.497 e. The van der Waals surface area contributed by atoms with E-state index in [1.165, 1.54) is 5.56 Å². The van der Waals surface area contributed by atoms with Crippen LogP contribution in [0.25, 0.3) is 10.9 Å². The van der Waals surface area contributed by atoms with E-state index in [2.05, 4.69) is 27.8 Å². The molecule has 1 amide bonds. The lowest BCUT2D eigenvalue weighted by Crippen LogP contribution is -2.27. The summed E-state index contributed by atoms with van der Waals surface area (Å²) in [4.78, 5) is 16.1. The van der Waals surface area contributed by atoms with Crippen LogP contribution in [-0.4, -0.2) is 37.1 Å². The molecule has 3 aromatic rings. The summed E-state index contributed by atoms with van der Waals surface area (Å²) in [5.74, 6) is 0.718. The molecule has 2 unspecified atom stereocenters. The Bertz CT molecular complexity index is 972. The molecule has 2 atom stereocenters. The lowest BCUT2D eigenvalue weighted by Gasteiger charge is -2.22. The Morgan fingerprint density at radius 1 is 1.19 bits per heavy atom. The van der Waals surface area contributed by atoms with Crippen LogP contribution in [0, 0.1) is 0 Å². The molecule has 6 heteroatoms. The van der Waals surface area contributed by atoms with E-state index in [4.69, 9.17) is 10.5 Å². The van der Waals surface area contributed by atoms with Crippen molar-refractivity contribution in [1.29, 1.82) is 0 Å². The number of amides is 1. The van der Waals surface area contributed by atoms with Crippen LogP contribution in [0.5, 0.6) is 5.75 Å². The summed E-state index contributed by atoms with van der Waals surface area (Å²) in [6.07, 6.45) is 1.71. The molecule has 0 bridgehead atoms. The van der Waals surface area contributed by atoms with E-state index < -0.39 is 5.91 Å². The SMILES string of the molecule is COc1ccc(C2CNCC2Nc2ccnc3c(C(N)=O)cccc23)cc1. The number of carbonyl (C=O) groups excluding carboxylic acids is 1. The summed E-state index contributed by atoms with van der Waals surface area (Å²) in [7, 11) is 1.67. The van der Waals surface area contributed by atoms with Gasteiger partial charge in [0, 0.05) is 42.3 Å². The molecular weight excluding hydrogens is 340 g/mol. The summed E-state index contributed by atoms with van der Waals surface area (Å²) in [5, 5.41) is 8.00. The first-order valence-electron chi connectivity index (χ1n) is 8.96. The van der Waals surface area contributed by atoms with E-state index in [0.717, 1.165) is 29.9 Å². The highest BCUT2D eigenvalue weighted by molar-refractivity contribution is 6.07. The van der Waals surface area contributed by atoms with Crippen LogP contribution in [-0.2, 0) is 0 Å². The van der Waals surface area contributed by atoms with Crippen LogP contribution in [0.4, 0.5) is 5.69 Å². The zero-order valence-corrected chi connectivity index (χ0v) is 15.1. The first-order chi connectivity index (χ1) is 13.2. The average molecular weight is 362 g/mol. The fraction of sp³-hybridized carbons (Fsp3) is 0.238. The van der Waals surface area contributed by atoms with Gasteiger partial charge in [-0.15, -0.1) is 0 Å². The zero-order chi connectivity index (χ0) is 18.8. The van der Waals surface area contributed by atoms with Crippen LogP contribution in [0.1, 0.15) is 21.8 Å². The first kappa shape index (κ1) is 17.3. The van der Waals surface area contributed by atoms with Gasteiger partial charge in [0.05, 0.1) is 18.2 Å².